The first-order chi connectivity index (χ1) is 9.69. The fraction of sp³-hybridized carbons (Fsp3) is 0.125. The summed E-state index contributed by atoms with van der Waals surface area (Å²) in [5, 5.41) is 0. The Morgan fingerprint density at radius 2 is 1.75 bits per heavy atom. The summed E-state index contributed by atoms with van der Waals surface area (Å²) >= 11 is 0. The number of carbonyl (C=O) groups is 1. The Morgan fingerprint density at radius 3 is 2.40 bits per heavy atom. The zero-order valence-electron chi connectivity index (χ0n) is 11.4. The predicted octanol–water partition coefficient (Wildman–Crippen LogP) is 3.19. The summed E-state index contributed by atoms with van der Waals surface area (Å²) in [5.41, 5.74) is 2.01. The second kappa shape index (κ2) is 6.52. The van der Waals surface area contributed by atoms with E-state index < -0.39 is 0 Å². The van der Waals surface area contributed by atoms with Crippen LogP contribution < -0.4 is 9.47 Å². The zero-order chi connectivity index (χ0) is 14.4. The standard InChI is InChI=1S/C16H15NO3/c1-12(18)20-15-6-5-14(11-16(15)19-2)4-3-13-7-9-17-10-8-13/h3-11H,1-2H3/b4-3-. The molecule has 0 aliphatic carbocycles. The average molecular weight is 269 g/mol. The van der Waals surface area contributed by atoms with E-state index in [-0.39, 0.29) is 5.97 Å². The van der Waals surface area contributed by atoms with Crippen LogP contribution in [0.2, 0.25) is 0 Å². The van der Waals surface area contributed by atoms with Crippen LogP contribution in [-0.2, 0) is 4.79 Å². The highest BCUT2D eigenvalue weighted by Crippen LogP contribution is 2.28. The monoisotopic (exact) mass is 269 g/mol. The van der Waals surface area contributed by atoms with Crippen molar-refractivity contribution in [1.82, 2.24) is 4.98 Å². The van der Waals surface area contributed by atoms with E-state index in [0.29, 0.717) is 11.5 Å². The van der Waals surface area contributed by atoms with Crippen molar-refractivity contribution in [3.63, 3.8) is 0 Å². The summed E-state index contributed by atoms with van der Waals surface area (Å²) in [6.45, 7) is 1.36. The van der Waals surface area contributed by atoms with Gasteiger partial charge in [0.05, 0.1) is 7.11 Å². The summed E-state index contributed by atoms with van der Waals surface area (Å²) in [6.07, 6.45) is 7.41. The van der Waals surface area contributed by atoms with Gasteiger partial charge in [-0.15, -0.1) is 0 Å². The Hall–Kier alpha value is -2.62. The van der Waals surface area contributed by atoms with Crippen molar-refractivity contribution < 1.29 is 14.3 Å². The minimum absolute atomic E-state index is 0.372. The smallest absolute Gasteiger partial charge is 0.308 e. The molecule has 4 heteroatoms. The van der Waals surface area contributed by atoms with Gasteiger partial charge in [0.15, 0.2) is 11.5 Å². The van der Waals surface area contributed by atoms with Crippen molar-refractivity contribution >= 4 is 18.1 Å². The van der Waals surface area contributed by atoms with E-state index in [1.54, 1.807) is 25.6 Å². The van der Waals surface area contributed by atoms with Gasteiger partial charge >= 0.3 is 5.97 Å². The number of aromatic nitrogens is 1. The van der Waals surface area contributed by atoms with Crippen LogP contribution in [0, 0.1) is 0 Å². The molecule has 1 aromatic carbocycles. The Kier molecular flexibility index (Phi) is 4.50. The predicted molar refractivity (Wildman–Crippen MR) is 77.5 cm³/mol. The van der Waals surface area contributed by atoms with Gasteiger partial charge in [0.25, 0.3) is 0 Å². The molecule has 0 bridgehead atoms. The van der Waals surface area contributed by atoms with E-state index >= 15 is 0 Å². The Morgan fingerprint density at radius 1 is 1.05 bits per heavy atom. The quantitative estimate of drug-likeness (QED) is 0.631. The van der Waals surface area contributed by atoms with E-state index in [1.807, 2.05) is 36.4 Å². The maximum absolute atomic E-state index is 11.0. The molecule has 0 saturated heterocycles. The average Bonchev–Trinajstić information content (AvgIpc) is 2.46. The molecule has 0 aliphatic rings. The van der Waals surface area contributed by atoms with Crippen molar-refractivity contribution in [2.75, 3.05) is 7.11 Å². The lowest BCUT2D eigenvalue weighted by molar-refractivity contribution is -0.132. The van der Waals surface area contributed by atoms with Gasteiger partial charge < -0.3 is 9.47 Å². The lowest BCUT2D eigenvalue weighted by Gasteiger charge is -2.08. The van der Waals surface area contributed by atoms with Gasteiger partial charge in [-0.05, 0) is 35.4 Å². The van der Waals surface area contributed by atoms with Crippen LogP contribution in [0.25, 0.3) is 12.2 Å². The first kappa shape index (κ1) is 13.8. The third-order valence-corrected chi connectivity index (χ3v) is 2.62. The molecule has 0 radical (unpaired) electrons. The van der Waals surface area contributed by atoms with Crippen molar-refractivity contribution in [3.8, 4) is 11.5 Å². The Bertz CT molecular complexity index is 621. The van der Waals surface area contributed by atoms with Crippen LogP contribution in [0.1, 0.15) is 18.1 Å². The number of methoxy groups -OCH3 is 1. The molecule has 1 aromatic heterocycles. The van der Waals surface area contributed by atoms with E-state index in [4.69, 9.17) is 9.47 Å². The summed E-state index contributed by atoms with van der Waals surface area (Å²) in [7, 11) is 1.54. The second-order valence-electron chi connectivity index (χ2n) is 4.12. The van der Waals surface area contributed by atoms with Gasteiger partial charge in [0.1, 0.15) is 0 Å². The van der Waals surface area contributed by atoms with E-state index in [1.165, 1.54) is 6.92 Å². The van der Waals surface area contributed by atoms with Gasteiger partial charge in [0, 0.05) is 19.3 Å². The van der Waals surface area contributed by atoms with E-state index in [9.17, 15) is 4.79 Å². The summed E-state index contributed by atoms with van der Waals surface area (Å²) in [6, 6.07) is 9.23. The molecular weight excluding hydrogens is 254 g/mol. The number of rotatable bonds is 4. The number of pyridine rings is 1. The topological polar surface area (TPSA) is 48.4 Å². The molecular formula is C16H15NO3. The Labute approximate surface area is 117 Å². The SMILES string of the molecule is COc1cc(/C=C\c2ccncc2)ccc1OC(C)=O. The maximum Gasteiger partial charge on any atom is 0.308 e. The van der Waals surface area contributed by atoms with Gasteiger partial charge in [-0.25, -0.2) is 0 Å². The normalized spacial score (nSPS) is 10.5. The zero-order valence-corrected chi connectivity index (χ0v) is 11.4. The van der Waals surface area contributed by atoms with Gasteiger partial charge in [-0.2, -0.15) is 0 Å². The van der Waals surface area contributed by atoms with Crippen LogP contribution in [0.4, 0.5) is 0 Å². The van der Waals surface area contributed by atoms with E-state index in [2.05, 4.69) is 4.98 Å². The molecule has 0 aliphatic heterocycles. The number of hydrogen-bond donors (Lipinski definition) is 0. The molecule has 0 unspecified atom stereocenters. The minimum Gasteiger partial charge on any atom is -0.493 e. The van der Waals surface area contributed by atoms with Gasteiger partial charge in [-0.3, -0.25) is 9.78 Å². The minimum atomic E-state index is -0.372. The van der Waals surface area contributed by atoms with E-state index in [0.717, 1.165) is 11.1 Å². The van der Waals surface area contributed by atoms with Gasteiger partial charge in [-0.1, -0.05) is 18.2 Å². The largest absolute Gasteiger partial charge is 0.493 e. The third-order valence-electron chi connectivity index (χ3n) is 2.62. The number of esters is 1. The number of benzene rings is 1. The fourth-order valence-electron chi connectivity index (χ4n) is 1.69. The van der Waals surface area contributed by atoms with Crippen LogP contribution in [-0.4, -0.2) is 18.1 Å². The summed E-state index contributed by atoms with van der Waals surface area (Å²) in [5.74, 6) is 0.571. The van der Waals surface area contributed by atoms with Crippen LogP contribution in [0.3, 0.4) is 0 Å². The number of carbonyl (C=O) groups excluding carboxylic acids is 1. The highest BCUT2D eigenvalue weighted by Gasteiger charge is 2.06. The number of hydrogen-bond acceptors (Lipinski definition) is 4. The molecule has 4 nitrogen and oxygen atoms in total. The van der Waals surface area contributed by atoms with Crippen LogP contribution in [0.15, 0.2) is 42.7 Å². The molecule has 0 amide bonds. The second-order valence-corrected chi connectivity index (χ2v) is 4.12. The highest BCUT2D eigenvalue weighted by atomic mass is 16.6. The molecule has 1 heterocycles. The molecule has 2 aromatic rings. The summed E-state index contributed by atoms with van der Waals surface area (Å²) in [4.78, 5) is 14.9. The van der Waals surface area contributed by atoms with Gasteiger partial charge in [0.2, 0.25) is 0 Å². The molecule has 0 atom stereocenters. The van der Waals surface area contributed by atoms with Crippen LogP contribution >= 0.6 is 0 Å². The number of ether oxygens (including phenoxy) is 2. The van der Waals surface area contributed by atoms with Crippen molar-refractivity contribution in [3.05, 3.63) is 53.9 Å². The molecule has 0 spiro atoms. The lowest BCUT2D eigenvalue weighted by atomic mass is 10.1. The molecule has 0 fully saturated rings. The molecule has 0 N–H and O–H groups in total. The molecule has 20 heavy (non-hydrogen) atoms. The third kappa shape index (κ3) is 3.68. The molecule has 2 rings (SSSR count). The Balaban J connectivity index is 2.21. The molecule has 0 saturated carbocycles. The molecule has 102 valence electrons. The first-order valence-electron chi connectivity index (χ1n) is 6.13. The first-order valence-corrected chi connectivity index (χ1v) is 6.13. The maximum atomic E-state index is 11.0. The highest BCUT2D eigenvalue weighted by molar-refractivity contribution is 5.73. The fourth-order valence-corrected chi connectivity index (χ4v) is 1.69. The van der Waals surface area contributed by atoms with Crippen molar-refractivity contribution in [2.24, 2.45) is 0 Å². The van der Waals surface area contributed by atoms with Crippen molar-refractivity contribution in [2.45, 2.75) is 6.92 Å². The van der Waals surface area contributed by atoms with Crippen LogP contribution in [0.5, 0.6) is 11.5 Å². The summed E-state index contributed by atoms with van der Waals surface area (Å²) < 4.78 is 10.3. The number of nitrogens with zero attached hydrogens (tertiary/aromatic N) is 1. The van der Waals surface area contributed by atoms with Crippen molar-refractivity contribution in [1.29, 1.82) is 0 Å². The lowest BCUT2D eigenvalue weighted by Crippen LogP contribution is -2.02.